The van der Waals surface area contributed by atoms with Gasteiger partial charge in [0.05, 0.1) is 0 Å². The molecule has 0 aliphatic rings. The number of carbonyl (C=O) groups is 2. The van der Waals surface area contributed by atoms with Crippen molar-refractivity contribution < 1.29 is 14.3 Å². The van der Waals surface area contributed by atoms with E-state index in [9.17, 15) is 9.59 Å². The topological polar surface area (TPSA) is 55.4 Å². The molecular weight excluding hydrogens is 254 g/mol. The first-order valence-electron chi connectivity index (χ1n) is 6.72. The molecule has 0 unspecified atom stereocenters. The maximum atomic E-state index is 11.5. The van der Waals surface area contributed by atoms with Gasteiger partial charge >= 0.3 is 5.97 Å². The van der Waals surface area contributed by atoms with E-state index < -0.39 is 5.97 Å². The lowest BCUT2D eigenvalue weighted by Gasteiger charge is -2.10. The molecule has 0 spiro atoms. The molecule has 0 saturated heterocycles. The summed E-state index contributed by atoms with van der Waals surface area (Å²) < 4.78 is 4.87. The van der Waals surface area contributed by atoms with E-state index in [2.05, 4.69) is 5.32 Å². The predicted molar refractivity (Wildman–Crippen MR) is 79.1 cm³/mol. The third kappa shape index (κ3) is 5.69. The van der Waals surface area contributed by atoms with E-state index in [0.717, 1.165) is 17.5 Å². The van der Waals surface area contributed by atoms with E-state index in [1.54, 1.807) is 6.08 Å². The van der Waals surface area contributed by atoms with Crippen LogP contribution in [0.4, 0.5) is 0 Å². The van der Waals surface area contributed by atoms with Gasteiger partial charge in [-0.05, 0) is 37.5 Å². The van der Waals surface area contributed by atoms with Crippen molar-refractivity contribution in [1.29, 1.82) is 0 Å². The number of esters is 1. The van der Waals surface area contributed by atoms with Crippen molar-refractivity contribution in [2.24, 2.45) is 0 Å². The van der Waals surface area contributed by atoms with Crippen molar-refractivity contribution >= 4 is 18.0 Å². The number of hydrogen-bond acceptors (Lipinski definition) is 3. The Bertz CT molecular complexity index is 494. The summed E-state index contributed by atoms with van der Waals surface area (Å²) in [5.74, 6) is -0.801. The standard InChI is InChI=1S/C16H21NO3/c1-4-13(3)17-15(18)11-20-16(19)10-9-14-8-6-5-7-12(14)2/h5-10,13H,4,11H2,1-3H3,(H,17,18)/b10-9+/t13-/m0/s1. The Morgan fingerprint density at radius 1 is 1.35 bits per heavy atom. The Morgan fingerprint density at radius 3 is 2.70 bits per heavy atom. The average Bonchev–Trinajstić information content (AvgIpc) is 2.44. The Kier molecular flexibility index (Phi) is 6.50. The number of ether oxygens (including phenoxy) is 1. The van der Waals surface area contributed by atoms with E-state index in [4.69, 9.17) is 4.74 Å². The molecule has 1 N–H and O–H groups in total. The van der Waals surface area contributed by atoms with Gasteiger partial charge in [0.25, 0.3) is 5.91 Å². The van der Waals surface area contributed by atoms with Crippen LogP contribution < -0.4 is 5.32 Å². The maximum absolute atomic E-state index is 11.5. The number of carbonyl (C=O) groups excluding carboxylic acids is 2. The molecule has 0 radical (unpaired) electrons. The first-order chi connectivity index (χ1) is 9.52. The maximum Gasteiger partial charge on any atom is 0.331 e. The number of aryl methyl sites for hydroxylation is 1. The molecule has 0 heterocycles. The molecular formula is C16H21NO3. The molecule has 1 amide bonds. The summed E-state index contributed by atoms with van der Waals surface area (Å²) in [6.07, 6.45) is 3.86. The molecule has 20 heavy (non-hydrogen) atoms. The van der Waals surface area contributed by atoms with Crippen LogP contribution >= 0.6 is 0 Å². The normalized spacial score (nSPS) is 12.2. The highest BCUT2D eigenvalue weighted by Crippen LogP contribution is 2.08. The van der Waals surface area contributed by atoms with E-state index in [-0.39, 0.29) is 18.6 Å². The molecule has 0 bridgehead atoms. The number of benzene rings is 1. The monoisotopic (exact) mass is 275 g/mol. The minimum absolute atomic E-state index is 0.0868. The number of hydrogen-bond donors (Lipinski definition) is 1. The van der Waals surface area contributed by atoms with Gasteiger partial charge in [-0.2, -0.15) is 0 Å². The van der Waals surface area contributed by atoms with Crippen LogP contribution in [0.5, 0.6) is 0 Å². The highest BCUT2D eigenvalue weighted by atomic mass is 16.5. The lowest BCUT2D eigenvalue weighted by Crippen LogP contribution is -2.35. The largest absolute Gasteiger partial charge is 0.452 e. The predicted octanol–water partition coefficient (Wildman–Crippen LogP) is 2.47. The van der Waals surface area contributed by atoms with Crippen molar-refractivity contribution in [3.63, 3.8) is 0 Å². The highest BCUT2D eigenvalue weighted by Gasteiger charge is 2.07. The lowest BCUT2D eigenvalue weighted by atomic mass is 10.1. The van der Waals surface area contributed by atoms with Crippen molar-refractivity contribution in [3.05, 3.63) is 41.5 Å². The SMILES string of the molecule is CC[C@H](C)NC(=O)COC(=O)/C=C/c1ccccc1C. The lowest BCUT2D eigenvalue weighted by molar-refractivity contribution is -0.144. The second kappa shape index (κ2) is 8.15. The first-order valence-corrected chi connectivity index (χ1v) is 6.72. The third-order valence-electron chi connectivity index (χ3n) is 2.95. The van der Waals surface area contributed by atoms with Crippen LogP contribution in [-0.4, -0.2) is 24.5 Å². The Morgan fingerprint density at radius 2 is 2.05 bits per heavy atom. The quantitative estimate of drug-likeness (QED) is 0.641. The molecule has 0 aromatic heterocycles. The first kappa shape index (κ1) is 16.0. The van der Waals surface area contributed by atoms with Gasteiger partial charge in [0.15, 0.2) is 6.61 Å². The second-order valence-electron chi connectivity index (χ2n) is 4.67. The van der Waals surface area contributed by atoms with Crippen molar-refractivity contribution in [1.82, 2.24) is 5.32 Å². The van der Waals surface area contributed by atoms with Gasteiger partial charge < -0.3 is 10.1 Å². The molecule has 4 nitrogen and oxygen atoms in total. The van der Waals surface area contributed by atoms with Crippen LogP contribution in [0.25, 0.3) is 6.08 Å². The van der Waals surface area contributed by atoms with Crippen molar-refractivity contribution in [3.8, 4) is 0 Å². The fraction of sp³-hybridized carbons (Fsp3) is 0.375. The number of amides is 1. The van der Waals surface area contributed by atoms with Gasteiger partial charge in [0.1, 0.15) is 0 Å². The molecule has 1 atom stereocenters. The van der Waals surface area contributed by atoms with Crippen molar-refractivity contribution in [2.45, 2.75) is 33.2 Å². The van der Waals surface area contributed by atoms with Crippen LogP contribution in [0.3, 0.4) is 0 Å². The summed E-state index contributed by atoms with van der Waals surface area (Å²) >= 11 is 0. The smallest absolute Gasteiger partial charge is 0.331 e. The summed E-state index contributed by atoms with van der Waals surface area (Å²) in [5.41, 5.74) is 2.03. The zero-order valence-electron chi connectivity index (χ0n) is 12.2. The highest BCUT2D eigenvalue weighted by molar-refractivity contribution is 5.89. The molecule has 0 saturated carbocycles. The summed E-state index contributed by atoms with van der Waals surface area (Å²) in [6.45, 7) is 5.59. The average molecular weight is 275 g/mol. The zero-order valence-corrected chi connectivity index (χ0v) is 12.2. The Balaban J connectivity index is 2.41. The number of nitrogens with one attached hydrogen (secondary N) is 1. The summed E-state index contributed by atoms with van der Waals surface area (Å²) in [5, 5.41) is 2.73. The summed E-state index contributed by atoms with van der Waals surface area (Å²) in [6, 6.07) is 7.80. The van der Waals surface area contributed by atoms with Gasteiger partial charge in [-0.3, -0.25) is 4.79 Å². The fourth-order valence-corrected chi connectivity index (χ4v) is 1.53. The fourth-order valence-electron chi connectivity index (χ4n) is 1.53. The summed E-state index contributed by atoms with van der Waals surface area (Å²) in [7, 11) is 0. The summed E-state index contributed by atoms with van der Waals surface area (Å²) in [4.78, 5) is 22.9. The van der Waals surface area contributed by atoms with Crippen LogP contribution in [-0.2, 0) is 14.3 Å². The van der Waals surface area contributed by atoms with Gasteiger partial charge in [0, 0.05) is 12.1 Å². The Labute approximate surface area is 119 Å². The molecule has 1 aromatic rings. The second-order valence-corrected chi connectivity index (χ2v) is 4.67. The van der Waals surface area contributed by atoms with E-state index in [0.29, 0.717) is 0 Å². The van der Waals surface area contributed by atoms with E-state index in [1.807, 2.05) is 45.0 Å². The molecule has 4 heteroatoms. The molecule has 1 aromatic carbocycles. The molecule has 0 aliphatic carbocycles. The molecule has 0 fully saturated rings. The van der Waals surface area contributed by atoms with Gasteiger partial charge in [-0.15, -0.1) is 0 Å². The van der Waals surface area contributed by atoms with Crippen LogP contribution in [0.15, 0.2) is 30.3 Å². The minimum atomic E-state index is -0.521. The van der Waals surface area contributed by atoms with E-state index >= 15 is 0 Å². The third-order valence-corrected chi connectivity index (χ3v) is 2.95. The molecule has 1 rings (SSSR count). The van der Waals surface area contributed by atoms with Gasteiger partial charge in [-0.25, -0.2) is 4.79 Å². The molecule has 108 valence electrons. The van der Waals surface area contributed by atoms with Gasteiger partial charge in [0.2, 0.25) is 0 Å². The van der Waals surface area contributed by atoms with Crippen LogP contribution in [0.1, 0.15) is 31.4 Å². The van der Waals surface area contributed by atoms with Crippen LogP contribution in [0, 0.1) is 6.92 Å². The molecule has 0 aliphatic heterocycles. The van der Waals surface area contributed by atoms with Crippen molar-refractivity contribution in [2.75, 3.05) is 6.61 Å². The zero-order chi connectivity index (χ0) is 15.0. The van der Waals surface area contributed by atoms with Gasteiger partial charge in [-0.1, -0.05) is 31.2 Å². The minimum Gasteiger partial charge on any atom is -0.452 e. The number of rotatable bonds is 6. The Hall–Kier alpha value is -2.10. The van der Waals surface area contributed by atoms with Crippen LogP contribution in [0.2, 0.25) is 0 Å². The van der Waals surface area contributed by atoms with E-state index in [1.165, 1.54) is 6.08 Å².